The van der Waals surface area contributed by atoms with Crippen molar-refractivity contribution in [1.82, 2.24) is 4.72 Å². The molecule has 0 aliphatic rings. The predicted molar refractivity (Wildman–Crippen MR) is 130 cm³/mol. The zero-order chi connectivity index (χ0) is 24.0. The third kappa shape index (κ3) is 6.77. The fourth-order valence-corrected chi connectivity index (χ4v) is 4.88. The molecule has 6 nitrogen and oxygen atoms in total. The number of rotatable bonds is 9. The molecule has 2 N–H and O–H groups in total. The first kappa shape index (κ1) is 25.2. The van der Waals surface area contributed by atoms with E-state index in [1.54, 1.807) is 37.3 Å². The fraction of sp³-hybridized carbons (Fsp3) is 0.174. The topological polar surface area (TPSA) is 84.5 Å². The molecule has 3 aromatic carbocycles. The average Bonchev–Trinajstić information content (AvgIpc) is 2.77. The Morgan fingerprint density at radius 1 is 1.12 bits per heavy atom. The molecule has 0 heterocycles. The minimum absolute atomic E-state index is 0.0504. The zero-order valence-corrected chi connectivity index (χ0v) is 20.7. The molecule has 0 bridgehead atoms. The largest absolute Gasteiger partial charge is 0.492 e. The number of carbonyl (C=O) groups excluding carboxylic acids is 1. The van der Waals surface area contributed by atoms with Crippen LogP contribution in [-0.4, -0.2) is 27.0 Å². The first-order valence-corrected chi connectivity index (χ1v) is 12.6. The summed E-state index contributed by atoms with van der Waals surface area (Å²) in [6.07, 6.45) is 0.0504. The van der Waals surface area contributed by atoms with Gasteiger partial charge in [-0.2, -0.15) is 4.72 Å². The van der Waals surface area contributed by atoms with E-state index in [9.17, 15) is 17.6 Å². The van der Waals surface area contributed by atoms with Crippen LogP contribution < -0.4 is 14.8 Å². The SMILES string of the molecule is CCOc1ccc(S(=O)(=O)N[C@@H](Cc2ccccc2)C(=O)Nc2ccc(Br)cc2F)cc1Cl. The Bertz CT molecular complexity index is 1240. The first-order chi connectivity index (χ1) is 15.7. The maximum atomic E-state index is 14.2. The number of amides is 1. The monoisotopic (exact) mass is 554 g/mol. The average molecular weight is 556 g/mol. The third-order valence-corrected chi connectivity index (χ3v) is 6.86. The van der Waals surface area contributed by atoms with E-state index >= 15 is 0 Å². The predicted octanol–water partition coefficient (Wildman–Crippen LogP) is 5.17. The van der Waals surface area contributed by atoms with Crippen molar-refractivity contribution >= 4 is 49.1 Å². The maximum absolute atomic E-state index is 14.2. The van der Waals surface area contributed by atoms with Crippen molar-refractivity contribution < 1.29 is 22.3 Å². The molecule has 1 atom stereocenters. The van der Waals surface area contributed by atoms with Crippen LogP contribution in [0.1, 0.15) is 12.5 Å². The lowest BCUT2D eigenvalue weighted by atomic mass is 10.1. The number of nitrogens with one attached hydrogen (secondary N) is 2. The van der Waals surface area contributed by atoms with Crippen LogP contribution >= 0.6 is 27.5 Å². The molecule has 174 valence electrons. The highest BCUT2D eigenvalue weighted by molar-refractivity contribution is 9.10. The molecule has 3 rings (SSSR count). The molecular weight excluding hydrogens is 535 g/mol. The smallest absolute Gasteiger partial charge is 0.242 e. The van der Waals surface area contributed by atoms with Crippen LogP contribution in [0, 0.1) is 5.82 Å². The summed E-state index contributed by atoms with van der Waals surface area (Å²) in [5.41, 5.74) is 0.658. The Kier molecular flexibility index (Phi) is 8.47. The van der Waals surface area contributed by atoms with Gasteiger partial charge < -0.3 is 10.1 Å². The van der Waals surface area contributed by atoms with Gasteiger partial charge in [0.1, 0.15) is 17.6 Å². The standard InChI is InChI=1S/C23H21BrClFN2O4S/c1-2-32-22-11-9-17(14-18(22)25)33(30,31)28-21(12-15-6-4-3-5-7-15)23(29)27-20-10-8-16(24)13-19(20)26/h3-11,13-14,21,28H,2,12H2,1H3,(H,27,29)/t21-/m0/s1. The zero-order valence-electron chi connectivity index (χ0n) is 17.5. The van der Waals surface area contributed by atoms with Gasteiger partial charge in [-0.05, 0) is 55.3 Å². The summed E-state index contributed by atoms with van der Waals surface area (Å²) >= 11 is 9.30. The molecule has 0 fully saturated rings. The van der Waals surface area contributed by atoms with Crippen molar-refractivity contribution in [1.29, 1.82) is 0 Å². The minimum atomic E-state index is -4.14. The second-order valence-electron chi connectivity index (χ2n) is 7.00. The highest BCUT2D eigenvalue weighted by Crippen LogP contribution is 2.27. The Hall–Kier alpha value is -2.46. The number of anilines is 1. The van der Waals surface area contributed by atoms with Crippen molar-refractivity contribution in [3.63, 3.8) is 0 Å². The number of sulfonamides is 1. The van der Waals surface area contributed by atoms with Crippen molar-refractivity contribution in [3.8, 4) is 5.75 Å². The van der Waals surface area contributed by atoms with Crippen LogP contribution in [0.3, 0.4) is 0 Å². The van der Waals surface area contributed by atoms with Crippen molar-refractivity contribution in [2.75, 3.05) is 11.9 Å². The molecule has 0 radical (unpaired) electrons. The van der Waals surface area contributed by atoms with Gasteiger partial charge in [0.2, 0.25) is 15.9 Å². The van der Waals surface area contributed by atoms with Crippen molar-refractivity contribution in [3.05, 3.63) is 87.6 Å². The molecule has 1 amide bonds. The number of ether oxygens (including phenoxy) is 1. The number of hydrogen-bond donors (Lipinski definition) is 2. The van der Waals surface area contributed by atoms with Gasteiger partial charge in [-0.25, -0.2) is 12.8 Å². The van der Waals surface area contributed by atoms with Gasteiger partial charge in [0.05, 0.1) is 22.2 Å². The van der Waals surface area contributed by atoms with E-state index in [1.807, 2.05) is 6.07 Å². The molecule has 0 spiro atoms. The van der Waals surface area contributed by atoms with Gasteiger partial charge >= 0.3 is 0 Å². The quantitative estimate of drug-likeness (QED) is 0.382. The lowest BCUT2D eigenvalue weighted by Crippen LogP contribution is -2.45. The number of benzene rings is 3. The van der Waals surface area contributed by atoms with Crippen molar-refractivity contribution in [2.24, 2.45) is 0 Å². The van der Waals surface area contributed by atoms with Crippen LogP contribution in [0.25, 0.3) is 0 Å². The highest BCUT2D eigenvalue weighted by atomic mass is 79.9. The van der Waals surface area contributed by atoms with E-state index in [1.165, 1.54) is 30.3 Å². The van der Waals surface area contributed by atoms with Gasteiger partial charge in [-0.15, -0.1) is 0 Å². The highest BCUT2D eigenvalue weighted by Gasteiger charge is 2.27. The van der Waals surface area contributed by atoms with Gasteiger partial charge in [-0.3, -0.25) is 4.79 Å². The molecule has 0 saturated carbocycles. The Morgan fingerprint density at radius 2 is 1.85 bits per heavy atom. The molecule has 33 heavy (non-hydrogen) atoms. The fourth-order valence-electron chi connectivity index (χ4n) is 3.02. The van der Waals surface area contributed by atoms with Crippen LogP contribution in [0.2, 0.25) is 5.02 Å². The summed E-state index contributed by atoms with van der Waals surface area (Å²) in [5, 5.41) is 2.59. The molecule has 0 aromatic heterocycles. The van der Waals surface area contributed by atoms with Gasteiger partial charge in [0.25, 0.3) is 0 Å². The molecule has 3 aromatic rings. The second kappa shape index (κ2) is 11.1. The summed E-state index contributed by atoms with van der Waals surface area (Å²) in [5.74, 6) is -1.01. The molecule has 0 aliphatic carbocycles. The maximum Gasteiger partial charge on any atom is 0.242 e. The lowest BCUT2D eigenvalue weighted by Gasteiger charge is -2.19. The van der Waals surface area contributed by atoms with E-state index in [0.717, 1.165) is 5.56 Å². The summed E-state index contributed by atoms with van der Waals surface area (Å²) in [4.78, 5) is 12.9. The van der Waals surface area contributed by atoms with E-state index in [0.29, 0.717) is 16.8 Å². The van der Waals surface area contributed by atoms with E-state index in [4.69, 9.17) is 16.3 Å². The normalized spacial score (nSPS) is 12.2. The molecule has 0 aliphatic heterocycles. The summed E-state index contributed by atoms with van der Waals surface area (Å²) in [6.45, 7) is 2.15. The lowest BCUT2D eigenvalue weighted by molar-refractivity contribution is -0.117. The van der Waals surface area contributed by atoms with Gasteiger partial charge in [0.15, 0.2) is 0 Å². The molecule has 0 saturated heterocycles. The molecule has 0 unspecified atom stereocenters. The summed E-state index contributed by atoms with van der Waals surface area (Å²) < 4.78 is 48.6. The summed E-state index contributed by atoms with van der Waals surface area (Å²) in [6, 6.07) is 15.9. The third-order valence-electron chi connectivity index (χ3n) is 4.60. The van der Waals surface area contributed by atoms with Gasteiger partial charge in [0, 0.05) is 4.47 Å². The molecular formula is C23H21BrClFN2O4S. The van der Waals surface area contributed by atoms with E-state index in [2.05, 4.69) is 26.0 Å². The van der Waals surface area contributed by atoms with Gasteiger partial charge in [-0.1, -0.05) is 57.9 Å². The van der Waals surface area contributed by atoms with Crippen LogP contribution in [-0.2, 0) is 21.2 Å². The Labute approximate surface area is 205 Å². The minimum Gasteiger partial charge on any atom is -0.492 e. The van der Waals surface area contributed by atoms with E-state index in [-0.39, 0.29) is 22.0 Å². The van der Waals surface area contributed by atoms with Crippen molar-refractivity contribution in [2.45, 2.75) is 24.3 Å². The Balaban J connectivity index is 1.88. The number of halogens is 3. The number of carbonyl (C=O) groups is 1. The second-order valence-corrected chi connectivity index (χ2v) is 10.0. The van der Waals surface area contributed by atoms with E-state index < -0.39 is 27.8 Å². The first-order valence-electron chi connectivity index (χ1n) is 9.94. The molecule has 10 heteroatoms. The van der Waals surface area contributed by atoms with Crippen LogP contribution in [0.4, 0.5) is 10.1 Å². The Morgan fingerprint density at radius 3 is 2.48 bits per heavy atom. The summed E-state index contributed by atoms with van der Waals surface area (Å²) in [7, 11) is -4.14. The van der Waals surface area contributed by atoms with Crippen LogP contribution in [0.15, 0.2) is 76.1 Å². The van der Waals surface area contributed by atoms with Crippen LogP contribution in [0.5, 0.6) is 5.75 Å². The number of hydrogen-bond acceptors (Lipinski definition) is 4.